The molecular formula is C26H23N3O4. The van der Waals surface area contributed by atoms with Crippen LogP contribution in [-0.4, -0.2) is 28.2 Å². The zero-order valence-electron chi connectivity index (χ0n) is 18.4. The molecule has 0 aliphatic carbocycles. The van der Waals surface area contributed by atoms with Crippen LogP contribution in [0.2, 0.25) is 0 Å². The third-order valence-corrected chi connectivity index (χ3v) is 5.49. The minimum absolute atomic E-state index is 0.0825. The van der Waals surface area contributed by atoms with Gasteiger partial charge < -0.3 is 5.32 Å². The average Bonchev–Trinajstić information content (AvgIpc) is 3.01. The summed E-state index contributed by atoms with van der Waals surface area (Å²) in [5.41, 5.74) is 4.52. The predicted molar refractivity (Wildman–Crippen MR) is 126 cm³/mol. The predicted octanol–water partition coefficient (Wildman–Crippen LogP) is 4.65. The van der Waals surface area contributed by atoms with Crippen LogP contribution in [0.15, 0.2) is 78.5 Å². The Kier molecular flexibility index (Phi) is 6.04. The SMILES string of the molecule is Cc1cc(C)cc(NC2=C(c3ccc([N+](=O)[O-])cc3)C(=O)N(CCc3ccccc3)C2=O)c1. The summed E-state index contributed by atoms with van der Waals surface area (Å²) < 4.78 is 0. The highest BCUT2D eigenvalue weighted by Gasteiger charge is 2.39. The van der Waals surface area contributed by atoms with Gasteiger partial charge in [0.2, 0.25) is 0 Å². The second kappa shape index (κ2) is 9.08. The third kappa shape index (κ3) is 4.67. The minimum Gasteiger partial charge on any atom is -0.350 e. The van der Waals surface area contributed by atoms with Gasteiger partial charge >= 0.3 is 0 Å². The van der Waals surface area contributed by atoms with E-state index in [1.165, 1.54) is 29.2 Å². The van der Waals surface area contributed by atoms with E-state index in [9.17, 15) is 19.7 Å². The number of benzene rings is 3. The van der Waals surface area contributed by atoms with E-state index in [0.29, 0.717) is 17.7 Å². The third-order valence-electron chi connectivity index (χ3n) is 5.49. The molecule has 1 aliphatic heterocycles. The molecule has 0 bridgehead atoms. The lowest BCUT2D eigenvalue weighted by atomic mass is 10.0. The number of carbonyl (C=O) groups excluding carboxylic acids is 2. The van der Waals surface area contributed by atoms with Gasteiger partial charge in [0.1, 0.15) is 5.70 Å². The molecule has 0 aromatic heterocycles. The van der Waals surface area contributed by atoms with E-state index in [1.54, 1.807) is 0 Å². The number of carbonyl (C=O) groups is 2. The number of rotatable bonds is 7. The number of amides is 2. The van der Waals surface area contributed by atoms with Gasteiger partial charge in [0, 0.05) is 24.4 Å². The monoisotopic (exact) mass is 441 g/mol. The first-order valence-electron chi connectivity index (χ1n) is 10.6. The van der Waals surface area contributed by atoms with Crippen molar-refractivity contribution in [3.05, 3.63) is 111 Å². The molecule has 0 fully saturated rings. The number of nitrogens with one attached hydrogen (secondary N) is 1. The summed E-state index contributed by atoms with van der Waals surface area (Å²) in [6, 6.07) is 21.1. The standard InChI is InChI=1S/C26H23N3O4/c1-17-14-18(2)16-21(15-17)27-24-23(20-8-10-22(11-9-20)29(32)33)25(30)28(26(24)31)13-12-19-6-4-3-5-7-19/h3-11,14-16,27H,12-13H2,1-2H3. The van der Waals surface area contributed by atoms with Gasteiger partial charge in [-0.25, -0.2) is 0 Å². The molecule has 0 saturated carbocycles. The molecule has 0 radical (unpaired) electrons. The lowest BCUT2D eigenvalue weighted by Gasteiger charge is -2.15. The van der Waals surface area contributed by atoms with Crippen molar-refractivity contribution in [2.45, 2.75) is 20.3 Å². The molecule has 3 aromatic rings. The number of hydrogen-bond acceptors (Lipinski definition) is 5. The van der Waals surface area contributed by atoms with Crippen molar-refractivity contribution in [2.75, 3.05) is 11.9 Å². The van der Waals surface area contributed by atoms with Gasteiger partial charge in [0.05, 0.1) is 10.5 Å². The van der Waals surface area contributed by atoms with Crippen LogP contribution in [0.25, 0.3) is 5.57 Å². The van der Waals surface area contributed by atoms with E-state index in [0.717, 1.165) is 16.7 Å². The van der Waals surface area contributed by atoms with E-state index in [2.05, 4.69) is 5.32 Å². The van der Waals surface area contributed by atoms with E-state index >= 15 is 0 Å². The second-order valence-electron chi connectivity index (χ2n) is 8.05. The fraction of sp³-hybridized carbons (Fsp3) is 0.154. The van der Waals surface area contributed by atoms with Gasteiger partial charge in [-0.3, -0.25) is 24.6 Å². The average molecular weight is 441 g/mol. The first-order chi connectivity index (χ1) is 15.8. The molecule has 0 spiro atoms. The van der Waals surface area contributed by atoms with Crippen LogP contribution >= 0.6 is 0 Å². The molecule has 7 heteroatoms. The quantitative estimate of drug-likeness (QED) is 0.327. The molecular weight excluding hydrogens is 418 g/mol. The van der Waals surface area contributed by atoms with Crippen LogP contribution in [-0.2, 0) is 16.0 Å². The van der Waals surface area contributed by atoms with E-state index in [1.807, 2.05) is 62.4 Å². The van der Waals surface area contributed by atoms with E-state index in [-0.39, 0.29) is 23.5 Å². The smallest absolute Gasteiger partial charge is 0.278 e. The van der Waals surface area contributed by atoms with Crippen molar-refractivity contribution in [1.82, 2.24) is 4.90 Å². The van der Waals surface area contributed by atoms with Crippen molar-refractivity contribution in [1.29, 1.82) is 0 Å². The number of nitro benzene ring substituents is 1. The zero-order chi connectivity index (χ0) is 23.5. The molecule has 0 unspecified atom stereocenters. The molecule has 1 heterocycles. The Morgan fingerprint density at radius 1 is 0.879 bits per heavy atom. The summed E-state index contributed by atoms with van der Waals surface area (Å²) in [6.07, 6.45) is 0.530. The van der Waals surface area contributed by atoms with Gasteiger partial charge in [-0.15, -0.1) is 0 Å². The first-order valence-corrected chi connectivity index (χ1v) is 10.6. The molecule has 166 valence electrons. The maximum Gasteiger partial charge on any atom is 0.278 e. The van der Waals surface area contributed by atoms with Crippen molar-refractivity contribution in [2.24, 2.45) is 0 Å². The highest BCUT2D eigenvalue weighted by Crippen LogP contribution is 2.32. The van der Waals surface area contributed by atoms with Crippen LogP contribution < -0.4 is 5.32 Å². The maximum atomic E-state index is 13.4. The van der Waals surface area contributed by atoms with Crippen LogP contribution in [0.3, 0.4) is 0 Å². The summed E-state index contributed by atoms with van der Waals surface area (Å²) in [5, 5.41) is 14.2. The number of hydrogen-bond donors (Lipinski definition) is 1. The summed E-state index contributed by atoms with van der Waals surface area (Å²) in [5.74, 6) is -0.833. The van der Waals surface area contributed by atoms with Crippen molar-refractivity contribution in [3.8, 4) is 0 Å². The number of non-ortho nitro benzene ring substituents is 1. The van der Waals surface area contributed by atoms with Crippen LogP contribution in [0.1, 0.15) is 22.3 Å². The summed E-state index contributed by atoms with van der Waals surface area (Å²) in [7, 11) is 0. The van der Waals surface area contributed by atoms with Crippen molar-refractivity contribution >= 4 is 28.8 Å². The zero-order valence-corrected chi connectivity index (χ0v) is 18.4. The van der Waals surface area contributed by atoms with Crippen molar-refractivity contribution < 1.29 is 14.5 Å². The molecule has 2 amide bonds. The topological polar surface area (TPSA) is 92.6 Å². The molecule has 0 saturated heterocycles. The fourth-order valence-corrected chi connectivity index (χ4v) is 3.99. The number of anilines is 1. The van der Waals surface area contributed by atoms with Gasteiger partial charge in [-0.05, 0) is 66.8 Å². The number of aryl methyl sites for hydroxylation is 2. The van der Waals surface area contributed by atoms with E-state index in [4.69, 9.17) is 0 Å². The highest BCUT2D eigenvalue weighted by molar-refractivity contribution is 6.36. The van der Waals surface area contributed by atoms with Crippen molar-refractivity contribution in [3.63, 3.8) is 0 Å². The number of nitro groups is 1. The highest BCUT2D eigenvalue weighted by atomic mass is 16.6. The number of imide groups is 1. The second-order valence-corrected chi connectivity index (χ2v) is 8.05. The lowest BCUT2D eigenvalue weighted by molar-refractivity contribution is -0.384. The Hall–Kier alpha value is -4.26. The molecule has 1 N–H and O–H groups in total. The van der Waals surface area contributed by atoms with Gasteiger partial charge in [0.25, 0.3) is 17.5 Å². The Bertz CT molecular complexity index is 1240. The van der Waals surface area contributed by atoms with Crippen LogP contribution in [0.5, 0.6) is 0 Å². The lowest BCUT2D eigenvalue weighted by Crippen LogP contribution is -2.34. The van der Waals surface area contributed by atoms with Gasteiger partial charge in [0.15, 0.2) is 0 Å². The number of nitrogens with zero attached hydrogens (tertiary/aromatic N) is 2. The Morgan fingerprint density at radius 2 is 1.52 bits per heavy atom. The Morgan fingerprint density at radius 3 is 2.12 bits per heavy atom. The van der Waals surface area contributed by atoms with E-state index < -0.39 is 16.7 Å². The molecule has 0 atom stereocenters. The summed E-state index contributed by atoms with van der Waals surface area (Å²) >= 11 is 0. The minimum atomic E-state index is -0.499. The van der Waals surface area contributed by atoms with Crippen LogP contribution in [0.4, 0.5) is 11.4 Å². The summed E-state index contributed by atoms with van der Waals surface area (Å²) in [4.78, 5) is 38.5. The Balaban J connectivity index is 1.70. The fourth-order valence-electron chi connectivity index (χ4n) is 3.99. The molecule has 33 heavy (non-hydrogen) atoms. The first kappa shape index (κ1) is 22.0. The molecule has 7 nitrogen and oxygen atoms in total. The molecule has 1 aliphatic rings. The Labute approximate surface area is 191 Å². The van der Waals surface area contributed by atoms with Gasteiger partial charge in [-0.1, -0.05) is 36.4 Å². The normalized spacial score (nSPS) is 13.6. The largest absolute Gasteiger partial charge is 0.350 e. The molecule has 3 aromatic carbocycles. The summed E-state index contributed by atoms with van der Waals surface area (Å²) in [6.45, 7) is 4.14. The molecule has 4 rings (SSSR count). The van der Waals surface area contributed by atoms with Crippen LogP contribution in [0, 0.1) is 24.0 Å². The maximum absolute atomic E-state index is 13.4. The van der Waals surface area contributed by atoms with Gasteiger partial charge in [-0.2, -0.15) is 0 Å².